The van der Waals surface area contributed by atoms with E-state index in [1.54, 1.807) is 0 Å². The van der Waals surface area contributed by atoms with Gasteiger partial charge in [-0.2, -0.15) is 5.26 Å². The molecule has 3 rings (SSSR count). The average Bonchev–Trinajstić information content (AvgIpc) is 2.97. The number of anilines is 1. The summed E-state index contributed by atoms with van der Waals surface area (Å²) in [5.41, 5.74) is 1.65. The highest BCUT2D eigenvalue weighted by molar-refractivity contribution is 7.16. The van der Waals surface area contributed by atoms with Crippen molar-refractivity contribution in [1.29, 1.82) is 5.26 Å². The van der Waals surface area contributed by atoms with Gasteiger partial charge in [0.1, 0.15) is 11.1 Å². The molecule has 0 radical (unpaired) electrons. The molecule has 25 heavy (non-hydrogen) atoms. The number of hydrogen-bond donors (Lipinski definition) is 1. The van der Waals surface area contributed by atoms with Crippen molar-refractivity contribution in [2.75, 3.05) is 5.32 Å². The van der Waals surface area contributed by atoms with Crippen molar-refractivity contribution in [3.63, 3.8) is 0 Å². The van der Waals surface area contributed by atoms with E-state index in [2.05, 4.69) is 18.3 Å². The van der Waals surface area contributed by atoms with Gasteiger partial charge in [0.05, 0.1) is 5.56 Å². The predicted octanol–water partition coefficient (Wildman–Crippen LogP) is 2.63. The normalized spacial score (nSPS) is 25.7. The Bertz CT molecular complexity index is 719. The maximum Gasteiger partial charge on any atom is 0.228 e. The third kappa shape index (κ3) is 3.57. The third-order valence-electron chi connectivity index (χ3n) is 5.70. The van der Waals surface area contributed by atoms with Crippen LogP contribution in [0.2, 0.25) is 0 Å². The van der Waals surface area contributed by atoms with Gasteiger partial charge < -0.3 is 15.2 Å². The molecule has 1 heterocycles. The molecule has 0 aliphatic heterocycles. The van der Waals surface area contributed by atoms with E-state index < -0.39 is 17.8 Å². The Hall–Kier alpha value is -1.87. The zero-order valence-electron chi connectivity index (χ0n) is 14.5. The van der Waals surface area contributed by atoms with E-state index in [0.717, 1.165) is 44.1 Å². The molecular formula is C19H23N2O3S-. The van der Waals surface area contributed by atoms with Crippen molar-refractivity contribution in [3.8, 4) is 6.07 Å². The second-order valence-electron chi connectivity index (χ2n) is 7.14. The fourth-order valence-electron chi connectivity index (χ4n) is 4.14. The molecular weight excluding hydrogens is 336 g/mol. The zero-order valence-corrected chi connectivity index (χ0v) is 15.3. The molecule has 0 saturated heterocycles. The summed E-state index contributed by atoms with van der Waals surface area (Å²) in [5, 5.41) is 24.3. The molecule has 6 heteroatoms. The van der Waals surface area contributed by atoms with Crippen molar-refractivity contribution in [2.24, 2.45) is 17.8 Å². The highest BCUT2D eigenvalue weighted by atomic mass is 32.1. The van der Waals surface area contributed by atoms with Gasteiger partial charge in [-0.15, -0.1) is 11.3 Å². The number of nitriles is 1. The highest BCUT2D eigenvalue weighted by Gasteiger charge is 2.33. The van der Waals surface area contributed by atoms with Crippen LogP contribution in [0.4, 0.5) is 5.00 Å². The number of nitrogens with one attached hydrogen (secondary N) is 1. The number of carbonyl (C=O) groups excluding carboxylic acids is 2. The number of thiophene rings is 1. The summed E-state index contributed by atoms with van der Waals surface area (Å²) in [6.07, 6.45) is 6.78. The van der Waals surface area contributed by atoms with Crippen LogP contribution in [0.3, 0.4) is 0 Å². The Morgan fingerprint density at radius 1 is 1.28 bits per heavy atom. The maximum absolute atomic E-state index is 12.7. The first-order chi connectivity index (χ1) is 12.0. The minimum Gasteiger partial charge on any atom is -0.550 e. The van der Waals surface area contributed by atoms with Crippen LogP contribution in [0.1, 0.15) is 61.5 Å². The van der Waals surface area contributed by atoms with Gasteiger partial charge in [-0.3, -0.25) is 4.79 Å². The van der Waals surface area contributed by atoms with Gasteiger partial charge in [-0.05, 0) is 43.6 Å². The van der Waals surface area contributed by atoms with Crippen LogP contribution in [0.15, 0.2) is 0 Å². The Kier molecular flexibility index (Phi) is 5.43. The summed E-state index contributed by atoms with van der Waals surface area (Å²) in [6.45, 7) is 2.18. The molecule has 1 N–H and O–H groups in total. The van der Waals surface area contributed by atoms with E-state index >= 15 is 0 Å². The van der Waals surface area contributed by atoms with Crippen LogP contribution in [0.25, 0.3) is 0 Å². The summed E-state index contributed by atoms with van der Waals surface area (Å²) >= 11 is 1.49. The van der Waals surface area contributed by atoms with Crippen LogP contribution in [-0.4, -0.2) is 11.9 Å². The number of nitrogens with zero attached hydrogens (tertiary/aromatic N) is 1. The molecule has 134 valence electrons. The molecule has 1 fully saturated rings. The smallest absolute Gasteiger partial charge is 0.228 e. The minimum absolute atomic E-state index is 0.281. The molecule has 5 nitrogen and oxygen atoms in total. The van der Waals surface area contributed by atoms with Crippen molar-refractivity contribution in [2.45, 2.75) is 58.3 Å². The summed E-state index contributed by atoms with van der Waals surface area (Å²) < 4.78 is 0. The van der Waals surface area contributed by atoms with Crippen LogP contribution in [0.5, 0.6) is 0 Å². The molecule has 2 aliphatic rings. The number of carboxylic acid groups (broad SMARTS) is 1. The third-order valence-corrected chi connectivity index (χ3v) is 6.87. The van der Waals surface area contributed by atoms with E-state index in [1.807, 2.05) is 0 Å². The number of fused-ring (bicyclic) bond motifs is 1. The molecule has 1 saturated carbocycles. The van der Waals surface area contributed by atoms with Crippen molar-refractivity contribution in [1.82, 2.24) is 0 Å². The molecule has 0 aromatic carbocycles. The first kappa shape index (κ1) is 17.9. The SMILES string of the molecule is CC[C@H]1CCc2c(sc(NC(=O)[C@H]3CCCC[C@@H]3C(=O)[O-])c2C#N)C1. The fraction of sp³-hybridized carbons (Fsp3) is 0.632. The zero-order chi connectivity index (χ0) is 18.0. The van der Waals surface area contributed by atoms with Gasteiger partial charge in [0.25, 0.3) is 0 Å². The molecule has 1 aromatic heterocycles. The Labute approximate surface area is 152 Å². The number of rotatable bonds is 4. The number of hydrogen-bond acceptors (Lipinski definition) is 5. The minimum atomic E-state index is -1.14. The first-order valence-electron chi connectivity index (χ1n) is 9.11. The molecule has 2 aliphatic carbocycles. The van der Waals surface area contributed by atoms with Crippen LogP contribution >= 0.6 is 11.3 Å². The number of aliphatic carboxylic acids is 1. The topological polar surface area (TPSA) is 93.0 Å². The van der Waals surface area contributed by atoms with E-state index in [9.17, 15) is 20.0 Å². The summed E-state index contributed by atoms with van der Waals surface area (Å²) in [5.74, 6) is -2.07. The number of carboxylic acids is 1. The van der Waals surface area contributed by atoms with Crippen LogP contribution < -0.4 is 10.4 Å². The van der Waals surface area contributed by atoms with E-state index in [4.69, 9.17) is 0 Å². The van der Waals surface area contributed by atoms with Gasteiger partial charge in [-0.25, -0.2) is 0 Å². The van der Waals surface area contributed by atoms with Gasteiger partial charge >= 0.3 is 0 Å². The number of amides is 1. The highest BCUT2D eigenvalue weighted by Crippen LogP contribution is 2.40. The van der Waals surface area contributed by atoms with Crippen molar-refractivity contribution < 1.29 is 14.7 Å². The lowest BCUT2D eigenvalue weighted by molar-refractivity contribution is -0.313. The lowest BCUT2D eigenvalue weighted by Crippen LogP contribution is -2.42. The molecule has 0 bridgehead atoms. The van der Waals surface area contributed by atoms with Crippen molar-refractivity contribution in [3.05, 3.63) is 16.0 Å². The number of carbonyl (C=O) groups is 2. The lowest BCUT2D eigenvalue weighted by atomic mass is 9.78. The molecule has 1 aromatic rings. The quantitative estimate of drug-likeness (QED) is 0.894. The standard InChI is InChI=1S/C19H24N2O3S/c1-2-11-7-8-12-15(10-20)18(25-16(12)9-11)21-17(22)13-5-3-4-6-14(13)19(23)24/h11,13-14H,2-9H2,1H3,(H,21,22)(H,23,24)/p-1/t11-,13-,14-/m0/s1. The molecule has 3 atom stereocenters. The molecule has 1 amide bonds. The van der Waals surface area contributed by atoms with Gasteiger partial charge in [-0.1, -0.05) is 26.2 Å². The monoisotopic (exact) mass is 359 g/mol. The van der Waals surface area contributed by atoms with E-state index in [1.165, 1.54) is 16.2 Å². The molecule has 0 spiro atoms. The van der Waals surface area contributed by atoms with Gasteiger partial charge in [0, 0.05) is 22.7 Å². The summed E-state index contributed by atoms with van der Waals surface area (Å²) in [7, 11) is 0. The Balaban J connectivity index is 1.81. The summed E-state index contributed by atoms with van der Waals surface area (Å²) in [6, 6.07) is 2.25. The second-order valence-corrected chi connectivity index (χ2v) is 8.25. The summed E-state index contributed by atoms with van der Waals surface area (Å²) in [4.78, 5) is 25.2. The lowest BCUT2D eigenvalue weighted by Gasteiger charge is -2.31. The van der Waals surface area contributed by atoms with Gasteiger partial charge in [0.15, 0.2) is 0 Å². The average molecular weight is 359 g/mol. The predicted molar refractivity (Wildman–Crippen MR) is 93.9 cm³/mol. The fourth-order valence-corrected chi connectivity index (χ4v) is 5.46. The van der Waals surface area contributed by atoms with Crippen LogP contribution in [0, 0.1) is 29.1 Å². The van der Waals surface area contributed by atoms with Crippen LogP contribution in [-0.2, 0) is 22.4 Å². The van der Waals surface area contributed by atoms with E-state index in [0.29, 0.717) is 29.3 Å². The maximum atomic E-state index is 12.7. The largest absolute Gasteiger partial charge is 0.550 e. The van der Waals surface area contributed by atoms with E-state index in [-0.39, 0.29) is 5.91 Å². The first-order valence-corrected chi connectivity index (χ1v) is 9.93. The second kappa shape index (κ2) is 7.57. The Morgan fingerprint density at radius 2 is 2.00 bits per heavy atom. The van der Waals surface area contributed by atoms with Gasteiger partial charge in [0.2, 0.25) is 5.91 Å². The van der Waals surface area contributed by atoms with Crippen molar-refractivity contribution >= 4 is 28.2 Å². The Morgan fingerprint density at radius 3 is 2.64 bits per heavy atom. The molecule has 0 unspecified atom stereocenters.